The van der Waals surface area contributed by atoms with Gasteiger partial charge in [0.25, 0.3) is 10.2 Å². The van der Waals surface area contributed by atoms with Gasteiger partial charge in [-0.3, -0.25) is 4.90 Å². The van der Waals surface area contributed by atoms with Crippen LogP contribution in [0.1, 0.15) is 11.6 Å². The van der Waals surface area contributed by atoms with Crippen LogP contribution in [0.2, 0.25) is 0 Å². The van der Waals surface area contributed by atoms with Gasteiger partial charge in [0, 0.05) is 39.3 Å². The highest BCUT2D eigenvalue weighted by molar-refractivity contribution is 7.86. The van der Waals surface area contributed by atoms with E-state index in [-0.39, 0.29) is 6.04 Å². The Balaban J connectivity index is 2.31. The zero-order valence-corrected chi connectivity index (χ0v) is 13.8. The summed E-state index contributed by atoms with van der Waals surface area (Å²) in [5, 5.41) is 0. The smallest absolute Gasteiger partial charge is 0.281 e. The highest BCUT2D eigenvalue weighted by atomic mass is 32.2. The van der Waals surface area contributed by atoms with E-state index >= 15 is 0 Å². The van der Waals surface area contributed by atoms with Gasteiger partial charge in [-0.15, -0.1) is 0 Å². The van der Waals surface area contributed by atoms with Crippen LogP contribution in [0, 0.1) is 0 Å². The van der Waals surface area contributed by atoms with Crippen LogP contribution in [-0.2, 0) is 10.2 Å². The molecule has 0 aliphatic carbocycles. The Morgan fingerprint density at radius 3 is 2.52 bits per heavy atom. The summed E-state index contributed by atoms with van der Waals surface area (Å²) < 4.78 is 32.9. The molecule has 118 valence electrons. The third kappa shape index (κ3) is 3.21. The van der Waals surface area contributed by atoms with Gasteiger partial charge in [0.1, 0.15) is 5.75 Å². The molecule has 0 amide bonds. The number of rotatable bonds is 4. The van der Waals surface area contributed by atoms with Crippen LogP contribution in [0.15, 0.2) is 24.3 Å². The van der Waals surface area contributed by atoms with Gasteiger partial charge in [-0.2, -0.15) is 17.0 Å². The molecule has 6 nitrogen and oxygen atoms in total. The topological polar surface area (TPSA) is 53.1 Å². The molecule has 1 aromatic carbocycles. The number of hydrogen-bond acceptors (Lipinski definition) is 4. The molecule has 7 heteroatoms. The highest BCUT2D eigenvalue weighted by Gasteiger charge is 2.34. The van der Waals surface area contributed by atoms with E-state index in [1.165, 1.54) is 8.61 Å². The zero-order chi connectivity index (χ0) is 15.6. The lowest BCUT2D eigenvalue weighted by molar-refractivity contribution is 0.142. The molecule has 1 aromatic rings. The molecular formula is C14H23N3O3S. The number of nitrogens with zero attached hydrogens (tertiary/aromatic N) is 3. The second-order valence-electron chi connectivity index (χ2n) is 5.39. The normalized spacial score (nSPS) is 21.7. The van der Waals surface area contributed by atoms with Crippen molar-refractivity contribution in [2.24, 2.45) is 0 Å². The molecule has 2 rings (SSSR count). The van der Waals surface area contributed by atoms with Gasteiger partial charge in [0.2, 0.25) is 0 Å². The molecule has 1 aliphatic rings. The van der Waals surface area contributed by atoms with Crippen LogP contribution in [0.4, 0.5) is 0 Å². The average Bonchev–Trinajstić information content (AvgIpc) is 2.47. The minimum absolute atomic E-state index is 0.00961. The summed E-state index contributed by atoms with van der Waals surface area (Å²) in [5.74, 6) is 0.790. The average molecular weight is 313 g/mol. The number of methoxy groups -OCH3 is 1. The number of benzene rings is 1. The van der Waals surface area contributed by atoms with Gasteiger partial charge in [-0.05, 0) is 13.1 Å². The molecule has 1 saturated heterocycles. The number of para-hydroxylation sites is 1. The second kappa shape index (κ2) is 6.31. The molecule has 1 aliphatic heterocycles. The van der Waals surface area contributed by atoms with Gasteiger partial charge >= 0.3 is 0 Å². The fourth-order valence-corrected chi connectivity index (χ4v) is 3.67. The summed E-state index contributed by atoms with van der Waals surface area (Å²) in [6, 6.07) is 7.75. The Bertz CT molecular complexity index is 589. The lowest BCUT2D eigenvalue weighted by atomic mass is 10.0. The Labute approximate surface area is 127 Å². The maximum absolute atomic E-state index is 12.3. The Kier molecular flexibility index (Phi) is 4.88. The number of hydrogen-bond donors (Lipinski definition) is 0. The van der Waals surface area contributed by atoms with Gasteiger partial charge in [-0.25, -0.2) is 0 Å². The molecule has 1 heterocycles. The minimum Gasteiger partial charge on any atom is -0.496 e. The first kappa shape index (κ1) is 16.2. The van der Waals surface area contributed by atoms with E-state index < -0.39 is 10.2 Å². The quantitative estimate of drug-likeness (QED) is 0.825. The summed E-state index contributed by atoms with van der Waals surface area (Å²) in [6.07, 6.45) is 0. The highest BCUT2D eigenvalue weighted by Crippen LogP contribution is 2.32. The predicted molar refractivity (Wildman–Crippen MR) is 82.5 cm³/mol. The van der Waals surface area contributed by atoms with Crippen molar-refractivity contribution in [2.45, 2.75) is 6.04 Å². The van der Waals surface area contributed by atoms with Gasteiger partial charge in [0.05, 0.1) is 13.2 Å². The van der Waals surface area contributed by atoms with Crippen LogP contribution >= 0.6 is 0 Å². The number of ether oxygens (including phenoxy) is 1. The minimum atomic E-state index is -3.38. The monoisotopic (exact) mass is 313 g/mol. The lowest BCUT2D eigenvalue weighted by Crippen LogP contribution is -2.51. The van der Waals surface area contributed by atoms with Crippen molar-refractivity contribution in [1.82, 2.24) is 13.5 Å². The third-order valence-electron chi connectivity index (χ3n) is 3.90. The Morgan fingerprint density at radius 1 is 1.24 bits per heavy atom. The van der Waals surface area contributed by atoms with Crippen LogP contribution in [-0.4, -0.2) is 69.8 Å². The maximum atomic E-state index is 12.3. The van der Waals surface area contributed by atoms with Crippen LogP contribution in [0.3, 0.4) is 0 Å². The van der Waals surface area contributed by atoms with E-state index in [1.54, 1.807) is 21.2 Å². The third-order valence-corrected chi connectivity index (χ3v) is 5.80. The fourth-order valence-electron chi connectivity index (χ4n) is 2.57. The first-order valence-electron chi connectivity index (χ1n) is 6.88. The summed E-state index contributed by atoms with van der Waals surface area (Å²) in [6.45, 7) is 1.62. The van der Waals surface area contributed by atoms with E-state index in [0.29, 0.717) is 19.6 Å². The predicted octanol–water partition coefficient (Wildman–Crippen LogP) is 0.790. The molecule has 0 aromatic heterocycles. The van der Waals surface area contributed by atoms with E-state index in [9.17, 15) is 8.42 Å². The SMILES string of the molecule is COc1ccccc1[C@H]1CN(S(=O)(=O)N(C)C)CCN1C. The van der Waals surface area contributed by atoms with Crippen molar-refractivity contribution in [3.8, 4) is 5.75 Å². The Hall–Kier alpha value is -1.15. The summed E-state index contributed by atoms with van der Waals surface area (Å²) >= 11 is 0. The van der Waals surface area contributed by atoms with Crippen molar-refractivity contribution in [3.05, 3.63) is 29.8 Å². The molecule has 0 saturated carbocycles. The van der Waals surface area contributed by atoms with Crippen molar-refractivity contribution in [3.63, 3.8) is 0 Å². The second-order valence-corrected chi connectivity index (χ2v) is 7.53. The number of piperazine rings is 1. The summed E-state index contributed by atoms with van der Waals surface area (Å²) in [7, 11) is 3.38. The summed E-state index contributed by atoms with van der Waals surface area (Å²) in [4.78, 5) is 2.17. The first-order valence-corrected chi connectivity index (χ1v) is 8.28. The van der Waals surface area contributed by atoms with Gasteiger partial charge < -0.3 is 4.74 Å². The molecule has 0 N–H and O–H groups in total. The number of likely N-dealkylation sites (N-methyl/N-ethyl adjacent to an activating group) is 1. The molecule has 1 fully saturated rings. The molecular weight excluding hydrogens is 290 g/mol. The Morgan fingerprint density at radius 2 is 1.90 bits per heavy atom. The summed E-state index contributed by atoms with van der Waals surface area (Å²) in [5.41, 5.74) is 1.01. The van der Waals surface area contributed by atoms with E-state index in [4.69, 9.17) is 4.74 Å². The standard InChI is InChI=1S/C14H23N3O3S/c1-15(2)21(18,19)17-10-9-16(3)13(11-17)12-7-5-6-8-14(12)20-4/h5-8,13H,9-11H2,1-4H3/t13-/m1/s1. The fraction of sp³-hybridized carbons (Fsp3) is 0.571. The van der Waals surface area contributed by atoms with Gasteiger partial charge in [-0.1, -0.05) is 18.2 Å². The van der Waals surface area contributed by atoms with Crippen molar-refractivity contribution < 1.29 is 13.2 Å². The van der Waals surface area contributed by atoms with E-state index in [1.807, 2.05) is 31.3 Å². The zero-order valence-electron chi connectivity index (χ0n) is 13.0. The molecule has 0 radical (unpaired) electrons. The molecule has 21 heavy (non-hydrogen) atoms. The van der Waals surface area contributed by atoms with E-state index in [2.05, 4.69) is 4.90 Å². The molecule has 0 unspecified atom stereocenters. The maximum Gasteiger partial charge on any atom is 0.281 e. The van der Waals surface area contributed by atoms with Crippen molar-refractivity contribution >= 4 is 10.2 Å². The van der Waals surface area contributed by atoms with Crippen LogP contribution in [0.25, 0.3) is 0 Å². The van der Waals surface area contributed by atoms with E-state index in [0.717, 1.165) is 11.3 Å². The lowest BCUT2D eigenvalue weighted by Gasteiger charge is -2.40. The van der Waals surface area contributed by atoms with Crippen LogP contribution < -0.4 is 4.74 Å². The molecule has 1 atom stereocenters. The van der Waals surface area contributed by atoms with Crippen molar-refractivity contribution in [2.75, 3.05) is 47.9 Å². The van der Waals surface area contributed by atoms with Crippen LogP contribution in [0.5, 0.6) is 5.75 Å². The largest absolute Gasteiger partial charge is 0.496 e. The van der Waals surface area contributed by atoms with Gasteiger partial charge in [0.15, 0.2) is 0 Å². The molecule has 0 bridgehead atoms. The van der Waals surface area contributed by atoms with Crippen molar-refractivity contribution in [1.29, 1.82) is 0 Å². The first-order chi connectivity index (χ1) is 9.87. The molecule has 0 spiro atoms.